The second-order valence-electron chi connectivity index (χ2n) is 4.43. The molecular weight excluding hydrogens is 258 g/mol. The second kappa shape index (κ2) is 7.17. The maximum absolute atomic E-state index is 6.22. The van der Waals surface area contributed by atoms with Gasteiger partial charge in [0.25, 0.3) is 0 Å². The summed E-state index contributed by atoms with van der Waals surface area (Å²) < 4.78 is 5.73. The van der Waals surface area contributed by atoms with E-state index in [0.717, 1.165) is 24.2 Å². The van der Waals surface area contributed by atoms with Gasteiger partial charge in [0.05, 0.1) is 5.02 Å². The van der Waals surface area contributed by atoms with Crippen molar-refractivity contribution >= 4 is 11.6 Å². The second-order valence-corrected chi connectivity index (χ2v) is 4.84. The Bertz CT molecular complexity index is 513. The lowest BCUT2D eigenvalue weighted by atomic mass is 10.1. The number of hydrogen-bond donors (Lipinski definition) is 1. The average Bonchev–Trinajstić information content (AvgIpc) is 2.45. The van der Waals surface area contributed by atoms with E-state index in [9.17, 15) is 0 Å². The van der Waals surface area contributed by atoms with Crippen LogP contribution in [0.1, 0.15) is 17.5 Å². The van der Waals surface area contributed by atoms with Crippen LogP contribution in [0.25, 0.3) is 0 Å². The number of nitrogens with two attached hydrogens (primary N) is 1. The van der Waals surface area contributed by atoms with Crippen LogP contribution in [0.4, 0.5) is 0 Å². The lowest BCUT2D eigenvalue weighted by Crippen LogP contribution is -2.00. The van der Waals surface area contributed by atoms with E-state index in [0.29, 0.717) is 18.2 Å². The Morgan fingerprint density at radius 2 is 1.79 bits per heavy atom. The van der Waals surface area contributed by atoms with Gasteiger partial charge >= 0.3 is 0 Å². The van der Waals surface area contributed by atoms with E-state index in [-0.39, 0.29) is 0 Å². The molecule has 0 unspecified atom stereocenters. The standard InChI is InChI=1S/C16H18ClNO/c17-15-11-13(7-4-10-18)8-9-16(15)19-12-14-5-2-1-3-6-14/h1-3,5-6,8-9,11H,4,7,10,12,18H2. The molecule has 2 aromatic rings. The topological polar surface area (TPSA) is 35.2 Å². The van der Waals surface area contributed by atoms with Gasteiger partial charge in [0, 0.05) is 0 Å². The predicted octanol–water partition coefficient (Wildman–Crippen LogP) is 3.81. The maximum atomic E-state index is 6.22. The lowest BCUT2D eigenvalue weighted by molar-refractivity contribution is 0.306. The van der Waals surface area contributed by atoms with Crippen molar-refractivity contribution < 1.29 is 4.74 Å². The molecule has 0 fully saturated rings. The van der Waals surface area contributed by atoms with E-state index < -0.39 is 0 Å². The van der Waals surface area contributed by atoms with Gasteiger partial charge in [-0.05, 0) is 42.6 Å². The highest BCUT2D eigenvalue weighted by Gasteiger charge is 2.03. The maximum Gasteiger partial charge on any atom is 0.138 e. The van der Waals surface area contributed by atoms with Crippen molar-refractivity contribution in [1.82, 2.24) is 0 Å². The fourth-order valence-corrected chi connectivity index (χ4v) is 2.12. The number of ether oxygens (including phenoxy) is 1. The highest BCUT2D eigenvalue weighted by atomic mass is 35.5. The molecule has 0 spiro atoms. The SMILES string of the molecule is NCCCc1ccc(OCc2ccccc2)c(Cl)c1. The van der Waals surface area contributed by atoms with Gasteiger partial charge in [0.2, 0.25) is 0 Å². The Hall–Kier alpha value is -1.51. The fourth-order valence-electron chi connectivity index (χ4n) is 1.86. The number of aryl methyl sites for hydroxylation is 1. The lowest BCUT2D eigenvalue weighted by Gasteiger charge is -2.09. The van der Waals surface area contributed by atoms with Crippen molar-refractivity contribution in [3.8, 4) is 5.75 Å². The van der Waals surface area contributed by atoms with Crippen LogP contribution in [-0.4, -0.2) is 6.54 Å². The van der Waals surface area contributed by atoms with Gasteiger partial charge < -0.3 is 10.5 Å². The molecule has 0 aromatic heterocycles. The fraction of sp³-hybridized carbons (Fsp3) is 0.250. The minimum absolute atomic E-state index is 0.530. The molecule has 0 atom stereocenters. The van der Waals surface area contributed by atoms with Gasteiger partial charge in [0.15, 0.2) is 0 Å². The van der Waals surface area contributed by atoms with E-state index in [1.165, 1.54) is 5.56 Å². The zero-order valence-electron chi connectivity index (χ0n) is 10.8. The molecular formula is C16H18ClNO. The van der Waals surface area contributed by atoms with Crippen molar-refractivity contribution in [3.05, 3.63) is 64.7 Å². The summed E-state index contributed by atoms with van der Waals surface area (Å²) in [4.78, 5) is 0. The molecule has 0 aliphatic carbocycles. The van der Waals surface area contributed by atoms with E-state index in [1.807, 2.05) is 48.5 Å². The Kier molecular flexibility index (Phi) is 5.25. The summed E-state index contributed by atoms with van der Waals surface area (Å²) in [5.74, 6) is 0.724. The Morgan fingerprint density at radius 1 is 1.00 bits per heavy atom. The average molecular weight is 276 g/mol. The summed E-state index contributed by atoms with van der Waals surface area (Å²) in [5.41, 5.74) is 7.83. The molecule has 0 heterocycles. The first-order valence-corrected chi connectivity index (χ1v) is 6.82. The van der Waals surface area contributed by atoms with Crippen LogP contribution in [0.2, 0.25) is 5.02 Å². The third-order valence-electron chi connectivity index (χ3n) is 2.90. The highest BCUT2D eigenvalue weighted by molar-refractivity contribution is 6.32. The van der Waals surface area contributed by atoms with Crippen LogP contribution in [0.15, 0.2) is 48.5 Å². The largest absolute Gasteiger partial charge is 0.487 e. The first-order valence-electron chi connectivity index (χ1n) is 6.45. The number of rotatable bonds is 6. The van der Waals surface area contributed by atoms with E-state index in [2.05, 4.69) is 0 Å². The van der Waals surface area contributed by atoms with Gasteiger partial charge in [-0.2, -0.15) is 0 Å². The monoisotopic (exact) mass is 275 g/mol. The summed E-state index contributed by atoms with van der Waals surface area (Å²) >= 11 is 6.22. The highest BCUT2D eigenvalue weighted by Crippen LogP contribution is 2.26. The normalized spacial score (nSPS) is 10.4. The summed E-state index contributed by atoms with van der Waals surface area (Å²) in [6.45, 7) is 1.23. The molecule has 0 aliphatic rings. The zero-order chi connectivity index (χ0) is 13.5. The summed E-state index contributed by atoms with van der Waals surface area (Å²) in [7, 11) is 0. The van der Waals surface area contributed by atoms with Gasteiger partial charge in [-0.1, -0.05) is 48.0 Å². The number of benzene rings is 2. The molecule has 2 aromatic carbocycles. The number of hydrogen-bond acceptors (Lipinski definition) is 2. The summed E-state index contributed by atoms with van der Waals surface area (Å²) in [5, 5.41) is 0.658. The first-order chi connectivity index (χ1) is 9.29. The van der Waals surface area contributed by atoms with Crippen LogP contribution >= 0.6 is 11.6 Å². The third kappa shape index (κ3) is 4.27. The van der Waals surface area contributed by atoms with Crippen LogP contribution in [0, 0.1) is 0 Å². The van der Waals surface area contributed by atoms with Gasteiger partial charge in [-0.25, -0.2) is 0 Å². The Morgan fingerprint density at radius 3 is 2.47 bits per heavy atom. The molecule has 0 saturated carbocycles. The predicted molar refractivity (Wildman–Crippen MR) is 79.6 cm³/mol. The molecule has 2 nitrogen and oxygen atoms in total. The molecule has 0 radical (unpaired) electrons. The van der Waals surface area contributed by atoms with Gasteiger partial charge in [-0.15, -0.1) is 0 Å². The molecule has 0 saturated heterocycles. The van der Waals surface area contributed by atoms with Crippen molar-refractivity contribution in [3.63, 3.8) is 0 Å². The molecule has 0 aliphatic heterocycles. The van der Waals surface area contributed by atoms with Gasteiger partial charge in [-0.3, -0.25) is 0 Å². The Balaban J connectivity index is 1.97. The minimum Gasteiger partial charge on any atom is -0.487 e. The molecule has 2 rings (SSSR count). The van der Waals surface area contributed by atoms with E-state index in [1.54, 1.807) is 0 Å². The van der Waals surface area contributed by atoms with Crippen LogP contribution in [-0.2, 0) is 13.0 Å². The molecule has 0 bridgehead atoms. The summed E-state index contributed by atoms with van der Waals surface area (Å²) in [6.07, 6.45) is 1.93. The Labute approximate surface area is 119 Å². The summed E-state index contributed by atoms with van der Waals surface area (Å²) in [6, 6.07) is 16.0. The molecule has 19 heavy (non-hydrogen) atoms. The van der Waals surface area contributed by atoms with Crippen LogP contribution < -0.4 is 10.5 Å². The van der Waals surface area contributed by atoms with E-state index in [4.69, 9.17) is 22.1 Å². The van der Waals surface area contributed by atoms with E-state index >= 15 is 0 Å². The third-order valence-corrected chi connectivity index (χ3v) is 3.20. The van der Waals surface area contributed by atoms with Crippen molar-refractivity contribution in [2.24, 2.45) is 5.73 Å². The minimum atomic E-state index is 0.530. The molecule has 0 amide bonds. The first kappa shape index (κ1) is 13.9. The van der Waals surface area contributed by atoms with Crippen molar-refractivity contribution in [1.29, 1.82) is 0 Å². The quantitative estimate of drug-likeness (QED) is 0.870. The molecule has 2 N–H and O–H groups in total. The zero-order valence-corrected chi connectivity index (χ0v) is 11.6. The van der Waals surface area contributed by atoms with Crippen molar-refractivity contribution in [2.45, 2.75) is 19.4 Å². The van der Waals surface area contributed by atoms with Crippen molar-refractivity contribution in [2.75, 3.05) is 6.54 Å². The number of halogens is 1. The smallest absolute Gasteiger partial charge is 0.138 e. The van der Waals surface area contributed by atoms with Crippen LogP contribution in [0.3, 0.4) is 0 Å². The van der Waals surface area contributed by atoms with Crippen LogP contribution in [0.5, 0.6) is 5.75 Å². The molecule has 100 valence electrons. The molecule has 3 heteroatoms. The van der Waals surface area contributed by atoms with Gasteiger partial charge in [0.1, 0.15) is 12.4 Å².